The van der Waals surface area contributed by atoms with Gasteiger partial charge in [-0.05, 0) is 57.0 Å². The summed E-state index contributed by atoms with van der Waals surface area (Å²) >= 11 is 0. The molecule has 3 aromatic rings. The molecular formula is C20H25N5O3S. The summed E-state index contributed by atoms with van der Waals surface area (Å²) < 4.78 is 29.0. The number of hydrogen-bond donors (Lipinski definition) is 2. The number of amides is 1. The molecule has 2 heterocycles. The molecule has 0 bridgehead atoms. The van der Waals surface area contributed by atoms with Gasteiger partial charge in [0.15, 0.2) is 5.65 Å². The topological polar surface area (TPSA) is 106 Å². The van der Waals surface area contributed by atoms with E-state index >= 15 is 0 Å². The van der Waals surface area contributed by atoms with Gasteiger partial charge in [0.25, 0.3) is 0 Å². The monoisotopic (exact) mass is 415 g/mol. The number of nitrogens with one attached hydrogen (secondary N) is 2. The molecule has 8 nitrogen and oxygen atoms in total. The third-order valence-electron chi connectivity index (χ3n) is 4.64. The molecule has 154 valence electrons. The number of anilines is 1. The van der Waals surface area contributed by atoms with Crippen LogP contribution in [0.1, 0.15) is 37.4 Å². The van der Waals surface area contributed by atoms with E-state index in [0.29, 0.717) is 5.69 Å². The Morgan fingerprint density at radius 3 is 2.59 bits per heavy atom. The van der Waals surface area contributed by atoms with Crippen LogP contribution in [0.25, 0.3) is 11.0 Å². The molecule has 1 aromatic carbocycles. The standard InChI is InChI=1S/C20H25N5O3S/c1-13(2)25-20-16(11-22-25)10-17(12-21-20)24-19(26)7-8-23-29(27,28)18-6-5-14(3)15(4)9-18/h5-6,9-13,23H,7-8H2,1-4H3,(H,24,26). The molecule has 0 saturated carbocycles. The van der Waals surface area contributed by atoms with Crippen molar-refractivity contribution in [2.45, 2.75) is 45.1 Å². The molecule has 0 aliphatic heterocycles. The highest BCUT2D eigenvalue weighted by Gasteiger charge is 2.15. The summed E-state index contributed by atoms with van der Waals surface area (Å²) in [5, 5.41) is 7.86. The highest BCUT2D eigenvalue weighted by Crippen LogP contribution is 2.19. The average molecular weight is 416 g/mol. The Kier molecular flexibility index (Phi) is 5.99. The molecule has 2 aromatic heterocycles. The van der Waals surface area contributed by atoms with E-state index in [1.165, 1.54) is 0 Å². The number of rotatable bonds is 7. The third-order valence-corrected chi connectivity index (χ3v) is 6.10. The molecule has 0 unspecified atom stereocenters. The minimum Gasteiger partial charge on any atom is -0.325 e. The van der Waals surface area contributed by atoms with E-state index in [4.69, 9.17) is 0 Å². The molecule has 0 aliphatic carbocycles. The van der Waals surface area contributed by atoms with Gasteiger partial charge in [-0.2, -0.15) is 5.10 Å². The van der Waals surface area contributed by atoms with Crippen molar-refractivity contribution < 1.29 is 13.2 Å². The second-order valence-corrected chi connectivity index (χ2v) is 9.03. The van der Waals surface area contributed by atoms with Crippen LogP contribution in [0.4, 0.5) is 5.69 Å². The number of benzene rings is 1. The van der Waals surface area contributed by atoms with Crippen molar-refractivity contribution in [1.29, 1.82) is 0 Å². The molecule has 0 aliphatic rings. The first-order valence-corrected chi connectivity index (χ1v) is 10.9. The Morgan fingerprint density at radius 1 is 1.14 bits per heavy atom. The van der Waals surface area contributed by atoms with Crippen LogP contribution < -0.4 is 10.0 Å². The average Bonchev–Trinajstić information content (AvgIpc) is 3.07. The van der Waals surface area contributed by atoms with Gasteiger partial charge in [0.2, 0.25) is 15.9 Å². The Balaban J connectivity index is 1.58. The van der Waals surface area contributed by atoms with Gasteiger partial charge in [-0.15, -0.1) is 0 Å². The number of fused-ring (bicyclic) bond motifs is 1. The largest absolute Gasteiger partial charge is 0.325 e. The van der Waals surface area contributed by atoms with Crippen molar-refractivity contribution in [3.05, 3.63) is 47.8 Å². The summed E-state index contributed by atoms with van der Waals surface area (Å²) in [6, 6.07) is 6.93. The normalized spacial score (nSPS) is 11.9. The van der Waals surface area contributed by atoms with E-state index in [0.717, 1.165) is 22.2 Å². The second kappa shape index (κ2) is 8.30. The zero-order chi connectivity index (χ0) is 21.2. The second-order valence-electron chi connectivity index (χ2n) is 7.26. The smallest absolute Gasteiger partial charge is 0.240 e. The summed E-state index contributed by atoms with van der Waals surface area (Å²) in [7, 11) is -3.66. The molecule has 0 saturated heterocycles. The van der Waals surface area contributed by atoms with Gasteiger partial charge in [-0.25, -0.2) is 22.8 Å². The van der Waals surface area contributed by atoms with Crippen molar-refractivity contribution in [1.82, 2.24) is 19.5 Å². The fraction of sp³-hybridized carbons (Fsp3) is 0.350. The minimum absolute atomic E-state index is 0.00203. The first kappa shape index (κ1) is 20.9. The lowest BCUT2D eigenvalue weighted by molar-refractivity contribution is -0.116. The molecule has 9 heteroatoms. The maximum Gasteiger partial charge on any atom is 0.240 e. The fourth-order valence-corrected chi connectivity index (χ4v) is 3.99. The minimum atomic E-state index is -3.66. The number of sulfonamides is 1. The van der Waals surface area contributed by atoms with Crippen LogP contribution >= 0.6 is 0 Å². The van der Waals surface area contributed by atoms with Gasteiger partial charge >= 0.3 is 0 Å². The van der Waals surface area contributed by atoms with Crippen molar-refractivity contribution in [2.24, 2.45) is 0 Å². The Hall–Kier alpha value is -2.78. The van der Waals surface area contributed by atoms with Crippen molar-refractivity contribution in [2.75, 3.05) is 11.9 Å². The van der Waals surface area contributed by atoms with Gasteiger partial charge in [0, 0.05) is 24.4 Å². The quantitative estimate of drug-likeness (QED) is 0.617. The predicted molar refractivity (Wildman–Crippen MR) is 112 cm³/mol. The van der Waals surface area contributed by atoms with Crippen LogP contribution in [0.3, 0.4) is 0 Å². The van der Waals surface area contributed by atoms with E-state index in [1.54, 1.807) is 36.7 Å². The highest BCUT2D eigenvalue weighted by atomic mass is 32.2. The first-order chi connectivity index (χ1) is 13.7. The number of aromatic nitrogens is 3. The molecule has 2 N–H and O–H groups in total. The van der Waals surface area contributed by atoms with Crippen LogP contribution in [-0.2, 0) is 14.8 Å². The Labute approximate surface area is 170 Å². The molecule has 0 radical (unpaired) electrons. The highest BCUT2D eigenvalue weighted by molar-refractivity contribution is 7.89. The zero-order valence-corrected chi connectivity index (χ0v) is 17.7. The predicted octanol–water partition coefficient (Wildman–Crippen LogP) is 2.94. The van der Waals surface area contributed by atoms with Gasteiger partial charge in [-0.1, -0.05) is 6.07 Å². The first-order valence-electron chi connectivity index (χ1n) is 9.37. The van der Waals surface area contributed by atoms with E-state index in [9.17, 15) is 13.2 Å². The van der Waals surface area contributed by atoms with Crippen LogP contribution in [0.5, 0.6) is 0 Å². The number of aryl methyl sites for hydroxylation is 2. The van der Waals surface area contributed by atoms with Crippen LogP contribution in [-0.4, -0.2) is 35.6 Å². The summed E-state index contributed by atoms with van der Waals surface area (Å²) in [5.41, 5.74) is 3.21. The van der Waals surface area contributed by atoms with Crippen LogP contribution in [0, 0.1) is 13.8 Å². The molecule has 3 rings (SSSR count). The fourth-order valence-electron chi connectivity index (χ4n) is 2.87. The Bertz CT molecular complexity index is 1150. The summed E-state index contributed by atoms with van der Waals surface area (Å²) in [6.07, 6.45) is 3.28. The number of hydrogen-bond acceptors (Lipinski definition) is 5. The van der Waals surface area contributed by atoms with Crippen molar-refractivity contribution in [3.8, 4) is 0 Å². The molecule has 0 fully saturated rings. The lowest BCUT2D eigenvalue weighted by atomic mass is 10.1. The van der Waals surface area contributed by atoms with E-state index in [2.05, 4.69) is 20.1 Å². The molecular weight excluding hydrogens is 390 g/mol. The number of carbonyl (C=O) groups excluding carboxylic acids is 1. The van der Waals surface area contributed by atoms with Gasteiger partial charge in [-0.3, -0.25) is 4.79 Å². The maximum atomic E-state index is 12.4. The SMILES string of the molecule is Cc1ccc(S(=O)(=O)NCCC(=O)Nc2cnc3c(cnn3C(C)C)c2)cc1C. The van der Waals surface area contributed by atoms with E-state index in [-0.39, 0.29) is 29.8 Å². The number of nitrogens with zero attached hydrogens (tertiary/aromatic N) is 3. The van der Waals surface area contributed by atoms with Gasteiger partial charge in [0.05, 0.1) is 23.0 Å². The van der Waals surface area contributed by atoms with Crippen LogP contribution in [0.15, 0.2) is 41.6 Å². The molecule has 0 spiro atoms. The zero-order valence-electron chi connectivity index (χ0n) is 16.9. The summed E-state index contributed by atoms with van der Waals surface area (Å²) in [4.78, 5) is 16.7. The van der Waals surface area contributed by atoms with Crippen LogP contribution in [0.2, 0.25) is 0 Å². The molecule has 0 atom stereocenters. The van der Waals surface area contributed by atoms with Crippen molar-refractivity contribution in [3.63, 3.8) is 0 Å². The van der Waals surface area contributed by atoms with E-state index < -0.39 is 10.0 Å². The maximum absolute atomic E-state index is 12.4. The van der Waals surface area contributed by atoms with Gasteiger partial charge in [0.1, 0.15) is 0 Å². The summed E-state index contributed by atoms with van der Waals surface area (Å²) in [6.45, 7) is 7.81. The Morgan fingerprint density at radius 2 is 1.90 bits per heavy atom. The lowest BCUT2D eigenvalue weighted by Crippen LogP contribution is -2.28. The van der Waals surface area contributed by atoms with E-state index in [1.807, 2.05) is 32.4 Å². The number of pyridine rings is 1. The molecule has 29 heavy (non-hydrogen) atoms. The third kappa shape index (κ3) is 4.80. The lowest BCUT2D eigenvalue weighted by Gasteiger charge is -2.09. The number of carbonyl (C=O) groups is 1. The van der Waals surface area contributed by atoms with Gasteiger partial charge < -0.3 is 5.32 Å². The summed E-state index contributed by atoms with van der Waals surface area (Å²) in [5.74, 6) is -0.301. The molecule has 1 amide bonds. The van der Waals surface area contributed by atoms with Crippen molar-refractivity contribution >= 4 is 32.7 Å².